The number of rotatable bonds is 6. The maximum atomic E-state index is 12.9. The fraction of sp³-hybridized carbons (Fsp3) is 0.476. The Bertz CT molecular complexity index is 763. The monoisotopic (exact) mass is 368 g/mol. The van der Waals surface area contributed by atoms with E-state index in [-0.39, 0.29) is 17.7 Å². The minimum absolute atomic E-state index is 0.0382. The Hall–Kier alpha value is -2.63. The summed E-state index contributed by atoms with van der Waals surface area (Å²) in [7, 11) is 0. The third kappa shape index (κ3) is 4.76. The fourth-order valence-electron chi connectivity index (χ4n) is 3.58. The summed E-state index contributed by atoms with van der Waals surface area (Å²) >= 11 is 0. The number of hydrogen-bond acceptors (Lipinski definition) is 3. The molecule has 1 fully saturated rings. The lowest BCUT2D eigenvalue weighted by molar-refractivity contribution is -0.118. The lowest BCUT2D eigenvalue weighted by Gasteiger charge is -2.25. The Morgan fingerprint density at radius 1 is 1.07 bits per heavy atom. The number of nitrogens with zero attached hydrogens (tertiary/aromatic N) is 2. The minimum atomic E-state index is -0.618. The molecule has 6 heteroatoms. The third-order valence-electron chi connectivity index (χ3n) is 5.11. The number of hydrogen-bond donors (Lipinski definition) is 2. The largest absolute Gasteiger partial charge is 0.340 e. The van der Waals surface area contributed by atoms with Gasteiger partial charge in [-0.25, -0.2) is 4.68 Å². The molecule has 1 unspecified atom stereocenters. The van der Waals surface area contributed by atoms with Gasteiger partial charge in [-0.15, -0.1) is 0 Å². The molecule has 0 spiro atoms. The molecule has 0 saturated heterocycles. The second kappa shape index (κ2) is 8.84. The van der Waals surface area contributed by atoms with Gasteiger partial charge in [0.05, 0.1) is 12.2 Å². The van der Waals surface area contributed by atoms with Gasteiger partial charge in [-0.1, -0.05) is 51.3 Å². The smallest absolute Gasteiger partial charge is 0.251 e. The highest BCUT2D eigenvalue weighted by atomic mass is 16.2. The first-order chi connectivity index (χ1) is 13.1. The van der Waals surface area contributed by atoms with Crippen molar-refractivity contribution >= 4 is 17.6 Å². The molecule has 2 amide bonds. The molecule has 6 nitrogen and oxygen atoms in total. The van der Waals surface area contributed by atoms with E-state index in [0.717, 1.165) is 12.8 Å². The second-order valence-corrected chi connectivity index (χ2v) is 7.50. The van der Waals surface area contributed by atoms with Crippen LogP contribution >= 0.6 is 0 Å². The number of carbonyl (C=O) groups excluding carboxylic acids is 2. The van der Waals surface area contributed by atoms with Crippen molar-refractivity contribution in [2.45, 2.75) is 58.0 Å². The standard InChI is InChI=1S/C21H28N4O2/c1-15(2)19(24-20(26)16-9-5-3-6-10-16)21(27)23-18-13-14-22-25(18)17-11-7-4-8-12-17/h3,5-6,9-10,13-15,17,19H,4,7-8,11-12H2,1-2H3,(H,23,27)(H,24,26). The summed E-state index contributed by atoms with van der Waals surface area (Å²) in [5, 5.41) is 10.3. The molecule has 3 rings (SSSR count). The van der Waals surface area contributed by atoms with Gasteiger partial charge < -0.3 is 10.6 Å². The van der Waals surface area contributed by atoms with Crippen molar-refractivity contribution in [3.05, 3.63) is 48.2 Å². The van der Waals surface area contributed by atoms with Gasteiger partial charge in [-0.05, 0) is 30.9 Å². The van der Waals surface area contributed by atoms with E-state index < -0.39 is 6.04 Å². The van der Waals surface area contributed by atoms with Crippen LogP contribution in [0.25, 0.3) is 0 Å². The van der Waals surface area contributed by atoms with Gasteiger partial charge in [0.1, 0.15) is 11.9 Å². The van der Waals surface area contributed by atoms with E-state index in [4.69, 9.17) is 0 Å². The van der Waals surface area contributed by atoms with Crippen molar-refractivity contribution in [3.8, 4) is 0 Å². The molecule has 1 heterocycles. The average molecular weight is 368 g/mol. The van der Waals surface area contributed by atoms with Gasteiger partial charge in [-0.2, -0.15) is 5.10 Å². The van der Waals surface area contributed by atoms with Gasteiger partial charge in [0.15, 0.2) is 0 Å². The zero-order valence-electron chi connectivity index (χ0n) is 16.0. The van der Waals surface area contributed by atoms with Gasteiger partial charge in [0.25, 0.3) is 5.91 Å². The molecule has 0 radical (unpaired) electrons. The van der Waals surface area contributed by atoms with Gasteiger partial charge in [-0.3, -0.25) is 9.59 Å². The minimum Gasteiger partial charge on any atom is -0.340 e. The highest BCUT2D eigenvalue weighted by Crippen LogP contribution is 2.30. The van der Waals surface area contributed by atoms with E-state index in [1.54, 1.807) is 18.3 Å². The quantitative estimate of drug-likeness (QED) is 0.815. The van der Waals surface area contributed by atoms with Gasteiger partial charge in [0, 0.05) is 11.6 Å². The zero-order chi connectivity index (χ0) is 19.2. The Morgan fingerprint density at radius 3 is 2.44 bits per heavy atom. The van der Waals surface area contributed by atoms with Crippen molar-refractivity contribution in [2.24, 2.45) is 5.92 Å². The third-order valence-corrected chi connectivity index (χ3v) is 5.11. The van der Waals surface area contributed by atoms with Crippen molar-refractivity contribution in [1.82, 2.24) is 15.1 Å². The summed E-state index contributed by atoms with van der Waals surface area (Å²) in [5.74, 6) is 0.201. The van der Waals surface area contributed by atoms with Crippen LogP contribution in [0.3, 0.4) is 0 Å². The number of amides is 2. The van der Waals surface area contributed by atoms with Gasteiger partial charge >= 0.3 is 0 Å². The molecule has 1 aliphatic carbocycles. The lowest BCUT2D eigenvalue weighted by Crippen LogP contribution is -2.47. The summed E-state index contributed by atoms with van der Waals surface area (Å²) in [4.78, 5) is 25.4. The van der Waals surface area contributed by atoms with E-state index in [9.17, 15) is 9.59 Å². The van der Waals surface area contributed by atoms with Crippen LogP contribution in [0, 0.1) is 5.92 Å². The molecule has 144 valence electrons. The van der Waals surface area contributed by atoms with E-state index in [0.29, 0.717) is 17.4 Å². The van der Waals surface area contributed by atoms with Crippen LogP contribution in [-0.2, 0) is 4.79 Å². The van der Waals surface area contributed by atoms with Crippen molar-refractivity contribution < 1.29 is 9.59 Å². The molecule has 1 aromatic carbocycles. The lowest BCUT2D eigenvalue weighted by atomic mass is 9.96. The highest BCUT2D eigenvalue weighted by molar-refractivity contribution is 6.01. The fourth-order valence-corrected chi connectivity index (χ4v) is 3.58. The van der Waals surface area contributed by atoms with Crippen LogP contribution in [-0.4, -0.2) is 27.6 Å². The van der Waals surface area contributed by atoms with Crippen molar-refractivity contribution in [1.29, 1.82) is 0 Å². The first-order valence-electron chi connectivity index (χ1n) is 9.76. The Kier molecular flexibility index (Phi) is 6.27. The molecule has 2 N–H and O–H groups in total. The average Bonchev–Trinajstić information content (AvgIpc) is 3.15. The van der Waals surface area contributed by atoms with Crippen LogP contribution in [0.2, 0.25) is 0 Å². The topological polar surface area (TPSA) is 76.0 Å². The van der Waals surface area contributed by atoms with Crippen LogP contribution in [0.1, 0.15) is 62.4 Å². The molecule has 0 bridgehead atoms. The maximum absolute atomic E-state index is 12.9. The molecule has 1 atom stereocenters. The molecular formula is C21H28N4O2. The number of nitrogens with one attached hydrogen (secondary N) is 2. The number of carbonyl (C=O) groups is 2. The molecular weight excluding hydrogens is 340 g/mol. The molecule has 1 saturated carbocycles. The SMILES string of the molecule is CC(C)C(NC(=O)c1ccccc1)C(=O)Nc1ccnn1C1CCCCC1. The number of anilines is 1. The van der Waals surface area contributed by atoms with E-state index in [1.807, 2.05) is 42.8 Å². The predicted octanol–water partition coefficient (Wildman–Crippen LogP) is 3.78. The molecule has 0 aliphatic heterocycles. The number of aromatic nitrogens is 2. The predicted molar refractivity (Wildman–Crippen MR) is 106 cm³/mol. The van der Waals surface area contributed by atoms with Gasteiger partial charge in [0.2, 0.25) is 5.91 Å². The van der Waals surface area contributed by atoms with Crippen LogP contribution in [0.15, 0.2) is 42.6 Å². The Morgan fingerprint density at radius 2 is 1.78 bits per heavy atom. The summed E-state index contributed by atoms with van der Waals surface area (Å²) in [5.41, 5.74) is 0.545. The highest BCUT2D eigenvalue weighted by Gasteiger charge is 2.26. The van der Waals surface area contributed by atoms with E-state index in [1.165, 1.54) is 19.3 Å². The summed E-state index contributed by atoms with van der Waals surface area (Å²) in [6.45, 7) is 3.85. The molecule has 2 aromatic rings. The van der Waals surface area contributed by atoms with Crippen LogP contribution in [0.4, 0.5) is 5.82 Å². The normalized spacial score (nSPS) is 16.1. The van der Waals surface area contributed by atoms with Crippen LogP contribution in [0.5, 0.6) is 0 Å². The van der Waals surface area contributed by atoms with E-state index >= 15 is 0 Å². The van der Waals surface area contributed by atoms with E-state index in [2.05, 4.69) is 15.7 Å². The molecule has 1 aliphatic rings. The Labute approximate surface area is 160 Å². The number of benzene rings is 1. The molecule has 27 heavy (non-hydrogen) atoms. The molecule has 1 aromatic heterocycles. The summed E-state index contributed by atoms with van der Waals surface area (Å²) in [6.07, 6.45) is 7.54. The van der Waals surface area contributed by atoms with Crippen molar-refractivity contribution in [3.63, 3.8) is 0 Å². The Balaban J connectivity index is 1.69. The second-order valence-electron chi connectivity index (χ2n) is 7.50. The zero-order valence-corrected chi connectivity index (χ0v) is 16.0. The maximum Gasteiger partial charge on any atom is 0.251 e. The van der Waals surface area contributed by atoms with Crippen LogP contribution < -0.4 is 10.6 Å². The summed E-state index contributed by atoms with van der Waals surface area (Å²) in [6, 6.07) is 10.5. The van der Waals surface area contributed by atoms with Crippen molar-refractivity contribution in [2.75, 3.05) is 5.32 Å². The summed E-state index contributed by atoms with van der Waals surface area (Å²) < 4.78 is 1.92. The first kappa shape index (κ1) is 19.1. The first-order valence-corrected chi connectivity index (χ1v) is 9.76.